The smallest absolute Gasteiger partial charge is 0.299 e. The van der Waals surface area contributed by atoms with E-state index in [-0.39, 0.29) is 5.92 Å². The number of Topliss-reactive ketones (excluding diaryl/α,β-unsaturated/α-hetero) is 2. The molecule has 0 heterocycles. The van der Waals surface area contributed by atoms with Gasteiger partial charge in [-0.25, -0.2) is 0 Å². The average molecular weight is 227 g/mol. The number of halogens is 3. The molecule has 82 valence electrons. The van der Waals surface area contributed by atoms with Crippen molar-refractivity contribution in [2.45, 2.75) is 32.6 Å². The fourth-order valence-corrected chi connectivity index (χ4v) is 0.858. The zero-order valence-electron chi connectivity index (χ0n) is 8.31. The van der Waals surface area contributed by atoms with Crippen LogP contribution in [-0.4, -0.2) is 16.9 Å². The van der Waals surface area contributed by atoms with E-state index in [4.69, 9.17) is 0 Å². The van der Waals surface area contributed by atoms with Crippen LogP contribution in [0.5, 0.6) is 0 Å². The van der Waals surface area contributed by atoms with E-state index in [0.29, 0.717) is 0 Å². The summed E-state index contributed by atoms with van der Waals surface area (Å²) in [5, 5.41) is -3.92. The molecule has 0 bridgehead atoms. The van der Waals surface area contributed by atoms with Gasteiger partial charge in [-0.2, -0.15) is 8.78 Å². The molecule has 0 aromatic rings. The molecule has 0 saturated carbocycles. The Morgan fingerprint density at radius 1 is 1.29 bits per heavy atom. The maximum absolute atomic E-state index is 12.2. The van der Waals surface area contributed by atoms with Gasteiger partial charge in [-0.15, -0.1) is 0 Å². The summed E-state index contributed by atoms with van der Waals surface area (Å²) in [6.07, 6.45) is -0.796. The normalized spacial score (nSPS) is 14.2. The standard InChI is InChI=1S/C9H13ClF2O2/c1-5(2)6(3)7(13)4-8(14)9(10,11)12/h5-6H,4H2,1-3H3. The van der Waals surface area contributed by atoms with Crippen LogP contribution >= 0.6 is 11.6 Å². The molecule has 0 aromatic heterocycles. The third-order valence-electron chi connectivity index (χ3n) is 2.16. The minimum Gasteiger partial charge on any atom is -0.299 e. The largest absolute Gasteiger partial charge is 0.380 e. The van der Waals surface area contributed by atoms with Gasteiger partial charge in [-0.1, -0.05) is 20.8 Å². The molecule has 0 spiro atoms. The van der Waals surface area contributed by atoms with Crippen molar-refractivity contribution in [3.63, 3.8) is 0 Å². The highest BCUT2D eigenvalue weighted by Crippen LogP contribution is 2.23. The third kappa shape index (κ3) is 4.13. The molecular formula is C9H13ClF2O2. The average Bonchev–Trinajstić information content (AvgIpc) is 2.00. The summed E-state index contributed by atoms with van der Waals surface area (Å²) in [4.78, 5) is 21.9. The van der Waals surface area contributed by atoms with Gasteiger partial charge in [-0.05, 0) is 17.5 Å². The number of rotatable bonds is 5. The summed E-state index contributed by atoms with van der Waals surface area (Å²) in [6, 6.07) is 0. The number of carbonyl (C=O) groups is 2. The van der Waals surface area contributed by atoms with Gasteiger partial charge in [0.15, 0.2) is 0 Å². The predicted octanol–water partition coefficient (Wildman–Crippen LogP) is 2.64. The van der Waals surface area contributed by atoms with Crippen molar-refractivity contribution in [1.82, 2.24) is 0 Å². The van der Waals surface area contributed by atoms with Crippen LogP contribution in [-0.2, 0) is 9.59 Å². The highest BCUT2D eigenvalue weighted by Gasteiger charge is 2.37. The van der Waals surface area contributed by atoms with Gasteiger partial charge in [-0.3, -0.25) is 9.59 Å². The van der Waals surface area contributed by atoms with Crippen LogP contribution in [0.1, 0.15) is 27.2 Å². The van der Waals surface area contributed by atoms with Crippen LogP contribution in [0.2, 0.25) is 0 Å². The van der Waals surface area contributed by atoms with E-state index >= 15 is 0 Å². The molecule has 14 heavy (non-hydrogen) atoms. The Hall–Kier alpha value is -0.510. The van der Waals surface area contributed by atoms with E-state index in [1.54, 1.807) is 20.8 Å². The SMILES string of the molecule is CC(C)C(C)C(=O)CC(=O)C(F)(F)Cl. The Bertz CT molecular complexity index is 233. The summed E-state index contributed by atoms with van der Waals surface area (Å²) in [6.45, 7) is 5.17. The highest BCUT2D eigenvalue weighted by molar-refractivity contribution is 6.33. The van der Waals surface area contributed by atoms with Crippen molar-refractivity contribution < 1.29 is 18.4 Å². The number of hydrogen-bond donors (Lipinski definition) is 0. The molecule has 0 aliphatic carbocycles. The van der Waals surface area contributed by atoms with Gasteiger partial charge >= 0.3 is 5.38 Å². The second-order valence-electron chi connectivity index (χ2n) is 3.60. The zero-order chi connectivity index (χ0) is 11.5. The number of ketones is 2. The molecule has 0 saturated heterocycles. The predicted molar refractivity (Wildman–Crippen MR) is 49.4 cm³/mol. The van der Waals surface area contributed by atoms with Crippen molar-refractivity contribution in [1.29, 1.82) is 0 Å². The summed E-state index contributed by atoms with van der Waals surface area (Å²) in [5.41, 5.74) is 0. The van der Waals surface area contributed by atoms with E-state index < -0.39 is 29.3 Å². The summed E-state index contributed by atoms with van der Waals surface area (Å²) < 4.78 is 24.4. The lowest BCUT2D eigenvalue weighted by Crippen LogP contribution is -2.28. The molecule has 0 aromatic carbocycles. The molecular weight excluding hydrogens is 214 g/mol. The maximum atomic E-state index is 12.2. The van der Waals surface area contributed by atoms with Crippen molar-refractivity contribution >= 4 is 23.2 Å². The fourth-order valence-electron chi connectivity index (χ4n) is 0.791. The first kappa shape index (κ1) is 13.5. The van der Waals surface area contributed by atoms with Gasteiger partial charge in [0.25, 0.3) is 0 Å². The second kappa shape index (κ2) is 4.82. The lowest BCUT2D eigenvalue weighted by Gasteiger charge is -2.14. The van der Waals surface area contributed by atoms with Crippen molar-refractivity contribution in [2.75, 3.05) is 0 Å². The van der Waals surface area contributed by atoms with Gasteiger partial charge in [0.1, 0.15) is 5.78 Å². The lowest BCUT2D eigenvalue weighted by atomic mass is 9.91. The zero-order valence-corrected chi connectivity index (χ0v) is 9.07. The van der Waals surface area contributed by atoms with Crippen molar-refractivity contribution in [3.05, 3.63) is 0 Å². The van der Waals surface area contributed by atoms with Crippen LogP contribution in [0.4, 0.5) is 8.78 Å². The van der Waals surface area contributed by atoms with E-state index in [9.17, 15) is 18.4 Å². The van der Waals surface area contributed by atoms with Crippen LogP contribution in [0, 0.1) is 11.8 Å². The number of carbonyl (C=O) groups excluding carboxylic acids is 2. The summed E-state index contributed by atoms with van der Waals surface area (Å²) in [5.74, 6) is -2.40. The quantitative estimate of drug-likeness (QED) is 0.534. The van der Waals surface area contributed by atoms with Gasteiger partial charge < -0.3 is 0 Å². The van der Waals surface area contributed by atoms with Crippen LogP contribution in [0.3, 0.4) is 0 Å². The summed E-state index contributed by atoms with van der Waals surface area (Å²) in [7, 11) is 0. The molecule has 0 N–H and O–H groups in total. The number of alkyl halides is 3. The molecule has 0 aliphatic rings. The number of hydrogen-bond acceptors (Lipinski definition) is 2. The van der Waals surface area contributed by atoms with Crippen molar-refractivity contribution in [2.24, 2.45) is 11.8 Å². The molecule has 0 radical (unpaired) electrons. The van der Waals surface area contributed by atoms with Gasteiger partial charge in [0.2, 0.25) is 5.78 Å². The Morgan fingerprint density at radius 3 is 2.00 bits per heavy atom. The van der Waals surface area contributed by atoms with Crippen molar-refractivity contribution in [3.8, 4) is 0 Å². The molecule has 2 nitrogen and oxygen atoms in total. The van der Waals surface area contributed by atoms with Crippen LogP contribution in [0.15, 0.2) is 0 Å². The second-order valence-corrected chi connectivity index (χ2v) is 4.07. The van der Waals surface area contributed by atoms with E-state index in [1.165, 1.54) is 0 Å². The monoisotopic (exact) mass is 226 g/mol. The van der Waals surface area contributed by atoms with E-state index in [2.05, 4.69) is 11.6 Å². The first-order chi connectivity index (χ1) is 6.16. The Balaban J connectivity index is 4.28. The molecule has 1 atom stereocenters. The Morgan fingerprint density at radius 2 is 1.71 bits per heavy atom. The lowest BCUT2D eigenvalue weighted by molar-refractivity contribution is -0.138. The van der Waals surface area contributed by atoms with E-state index in [0.717, 1.165) is 0 Å². The maximum Gasteiger partial charge on any atom is 0.380 e. The van der Waals surface area contributed by atoms with E-state index in [1.807, 2.05) is 0 Å². The van der Waals surface area contributed by atoms with Crippen LogP contribution in [0.25, 0.3) is 0 Å². The first-order valence-corrected chi connectivity index (χ1v) is 4.66. The molecule has 0 rings (SSSR count). The highest BCUT2D eigenvalue weighted by atomic mass is 35.5. The van der Waals surface area contributed by atoms with Crippen LogP contribution < -0.4 is 0 Å². The minimum atomic E-state index is -3.92. The minimum absolute atomic E-state index is 0.0271. The van der Waals surface area contributed by atoms with Gasteiger partial charge in [0, 0.05) is 5.92 Å². The van der Waals surface area contributed by atoms with Gasteiger partial charge in [0.05, 0.1) is 6.42 Å². The fraction of sp³-hybridized carbons (Fsp3) is 0.778. The molecule has 1 unspecified atom stereocenters. The third-order valence-corrected chi connectivity index (χ3v) is 2.37. The molecule has 0 aliphatic heterocycles. The molecule has 0 amide bonds. The molecule has 0 fully saturated rings. The Kier molecular flexibility index (Phi) is 4.65. The Labute approximate surface area is 86.6 Å². The summed E-state index contributed by atoms with van der Waals surface area (Å²) >= 11 is 4.48. The molecule has 5 heteroatoms. The first-order valence-electron chi connectivity index (χ1n) is 4.29. The topological polar surface area (TPSA) is 34.1 Å².